The first-order valence-corrected chi connectivity index (χ1v) is 14.2. The van der Waals surface area contributed by atoms with Gasteiger partial charge in [-0.1, -0.05) is 48.5 Å². The Balaban J connectivity index is 1.03. The number of amides is 1. The lowest BCUT2D eigenvalue weighted by Crippen LogP contribution is -2.30. The third kappa shape index (κ3) is 6.41. The summed E-state index contributed by atoms with van der Waals surface area (Å²) in [6.07, 6.45) is 4.05. The van der Waals surface area contributed by atoms with Crippen molar-refractivity contribution in [1.82, 2.24) is 20.1 Å². The topological polar surface area (TPSA) is 84.2 Å². The molecule has 1 fully saturated rings. The zero-order chi connectivity index (χ0) is 26.6. The maximum Gasteiger partial charge on any atom is 0.233 e. The van der Waals surface area contributed by atoms with Gasteiger partial charge in [-0.3, -0.25) is 4.79 Å². The Morgan fingerprint density at radius 3 is 2.54 bits per heavy atom. The normalized spacial score (nSPS) is 14.6. The van der Waals surface area contributed by atoms with Gasteiger partial charge in [0.15, 0.2) is 0 Å². The van der Waals surface area contributed by atoms with E-state index in [0.29, 0.717) is 18.2 Å². The van der Waals surface area contributed by atoms with Crippen molar-refractivity contribution in [3.05, 3.63) is 95.1 Å². The number of hydrogen-bond acceptors (Lipinski definition) is 7. The lowest BCUT2D eigenvalue weighted by molar-refractivity contribution is -0.115. The minimum atomic E-state index is -0.179. The molecule has 1 aliphatic rings. The zero-order valence-electron chi connectivity index (χ0n) is 22.0. The van der Waals surface area contributed by atoms with Crippen LogP contribution in [0.15, 0.2) is 77.2 Å². The number of aromatic nitrogens is 3. The number of fused-ring (bicyclic) bond motifs is 1. The van der Waals surface area contributed by atoms with E-state index in [4.69, 9.17) is 9.40 Å². The smallest absolute Gasteiger partial charge is 0.233 e. The predicted octanol–water partition coefficient (Wildman–Crippen LogP) is 6.00. The molecule has 3 aromatic carbocycles. The molecule has 3 heterocycles. The maximum absolute atomic E-state index is 12.6. The van der Waals surface area contributed by atoms with Gasteiger partial charge in [-0.05, 0) is 86.3 Å². The molecule has 1 aliphatic heterocycles. The molecule has 0 saturated carbocycles. The average molecular weight is 538 g/mol. The highest BCUT2D eigenvalue weighted by atomic mass is 32.1. The molecule has 6 rings (SSSR count). The third-order valence-corrected chi connectivity index (χ3v) is 8.28. The van der Waals surface area contributed by atoms with Crippen LogP contribution in [0.2, 0.25) is 0 Å². The minimum absolute atomic E-state index is 0.0324. The Kier molecular flexibility index (Phi) is 7.47. The molecule has 5 aromatic rings. The van der Waals surface area contributed by atoms with Crippen molar-refractivity contribution in [3.63, 3.8) is 0 Å². The summed E-state index contributed by atoms with van der Waals surface area (Å²) < 4.78 is 6.89. The molecule has 0 unspecified atom stereocenters. The lowest BCUT2D eigenvalue weighted by Gasteiger charge is -2.28. The first-order valence-electron chi connectivity index (χ1n) is 13.4. The van der Waals surface area contributed by atoms with Crippen LogP contribution in [-0.2, 0) is 24.1 Å². The summed E-state index contributed by atoms with van der Waals surface area (Å²) in [7, 11) is 2.19. The van der Waals surface area contributed by atoms with Crippen molar-refractivity contribution < 1.29 is 9.21 Å². The number of anilines is 1. The Morgan fingerprint density at radius 1 is 0.974 bits per heavy atom. The second-order valence-corrected chi connectivity index (χ2v) is 11.4. The Morgan fingerprint density at radius 2 is 1.74 bits per heavy atom. The summed E-state index contributed by atoms with van der Waals surface area (Å²) in [6, 6.07) is 24.8. The van der Waals surface area contributed by atoms with Gasteiger partial charge >= 0.3 is 0 Å². The number of hydrogen-bond donors (Lipinski definition) is 1. The van der Waals surface area contributed by atoms with Crippen LogP contribution in [0.1, 0.15) is 35.2 Å². The minimum Gasteiger partial charge on any atom is -0.424 e. The van der Waals surface area contributed by atoms with Crippen molar-refractivity contribution in [2.24, 2.45) is 5.92 Å². The summed E-state index contributed by atoms with van der Waals surface area (Å²) in [6.45, 7) is 2.35. The molecule has 0 atom stereocenters. The molecule has 0 aliphatic carbocycles. The van der Waals surface area contributed by atoms with Gasteiger partial charge in [0, 0.05) is 5.69 Å². The monoisotopic (exact) mass is 537 g/mol. The van der Waals surface area contributed by atoms with Crippen LogP contribution in [-0.4, -0.2) is 46.1 Å². The highest BCUT2D eigenvalue weighted by Crippen LogP contribution is 2.29. The fraction of sp³-hybridized carbons (Fsp3) is 0.290. The van der Waals surface area contributed by atoms with E-state index in [0.717, 1.165) is 38.8 Å². The number of carbonyl (C=O) groups excluding carboxylic acids is 1. The molecule has 2 aromatic heterocycles. The fourth-order valence-electron chi connectivity index (χ4n) is 5.08. The Bertz CT molecular complexity index is 1550. The number of nitrogens with one attached hydrogen (secondary N) is 1. The largest absolute Gasteiger partial charge is 0.424 e. The molecule has 0 spiro atoms. The Hall–Kier alpha value is -3.88. The molecule has 1 N–H and O–H groups in total. The molecular formula is C31H31N5O2S. The van der Waals surface area contributed by atoms with Crippen molar-refractivity contribution in [3.8, 4) is 11.1 Å². The van der Waals surface area contributed by atoms with Crippen LogP contribution >= 0.6 is 11.3 Å². The number of thiazole rings is 1. The predicted molar refractivity (Wildman–Crippen MR) is 155 cm³/mol. The van der Waals surface area contributed by atoms with E-state index in [1.807, 2.05) is 36.4 Å². The number of piperidine rings is 1. The molecule has 0 radical (unpaired) electrons. The summed E-state index contributed by atoms with van der Waals surface area (Å²) in [5, 5.41) is 12.1. The molecule has 8 heteroatoms. The second-order valence-electron chi connectivity index (χ2n) is 10.3. The maximum atomic E-state index is 12.6. The van der Waals surface area contributed by atoms with E-state index in [2.05, 4.69) is 63.9 Å². The van der Waals surface area contributed by atoms with Crippen LogP contribution in [0.3, 0.4) is 0 Å². The van der Waals surface area contributed by atoms with Crippen molar-refractivity contribution in [1.29, 1.82) is 0 Å². The Labute approximate surface area is 231 Å². The SMILES string of the molecule is CN1CCC(Cc2ccc(NC(=O)Cc3nnc(Cc4nc5ccc(-c6ccccc6)cc5s4)o3)cc2)CC1. The van der Waals surface area contributed by atoms with Gasteiger partial charge in [-0.15, -0.1) is 21.5 Å². The molecule has 198 valence electrons. The molecule has 0 bridgehead atoms. The number of likely N-dealkylation sites (tertiary alicyclic amines) is 1. The lowest BCUT2D eigenvalue weighted by atomic mass is 9.90. The van der Waals surface area contributed by atoms with Gasteiger partial charge in [0.1, 0.15) is 11.4 Å². The zero-order valence-corrected chi connectivity index (χ0v) is 22.8. The van der Waals surface area contributed by atoms with Gasteiger partial charge in [0.25, 0.3) is 0 Å². The van der Waals surface area contributed by atoms with E-state index in [1.165, 1.54) is 37.1 Å². The van der Waals surface area contributed by atoms with E-state index in [-0.39, 0.29) is 12.3 Å². The number of nitrogens with zero attached hydrogens (tertiary/aromatic N) is 4. The van der Waals surface area contributed by atoms with Crippen LogP contribution in [0, 0.1) is 5.92 Å². The van der Waals surface area contributed by atoms with Crippen molar-refractivity contribution >= 4 is 33.1 Å². The highest BCUT2D eigenvalue weighted by molar-refractivity contribution is 7.18. The first kappa shape index (κ1) is 25.4. The summed E-state index contributed by atoms with van der Waals surface area (Å²) in [4.78, 5) is 19.7. The summed E-state index contributed by atoms with van der Waals surface area (Å²) in [5.74, 6) is 1.32. The van der Waals surface area contributed by atoms with Crippen LogP contribution in [0.5, 0.6) is 0 Å². The van der Waals surface area contributed by atoms with Crippen molar-refractivity contribution in [2.75, 3.05) is 25.5 Å². The van der Waals surface area contributed by atoms with Gasteiger partial charge in [0.2, 0.25) is 17.7 Å². The van der Waals surface area contributed by atoms with E-state index >= 15 is 0 Å². The van der Waals surface area contributed by atoms with Gasteiger partial charge in [-0.25, -0.2) is 4.98 Å². The number of benzene rings is 3. The van der Waals surface area contributed by atoms with Crippen LogP contribution < -0.4 is 5.32 Å². The van der Waals surface area contributed by atoms with Crippen LogP contribution in [0.25, 0.3) is 21.3 Å². The summed E-state index contributed by atoms with van der Waals surface area (Å²) >= 11 is 1.62. The van der Waals surface area contributed by atoms with E-state index in [1.54, 1.807) is 11.3 Å². The van der Waals surface area contributed by atoms with Crippen LogP contribution in [0.4, 0.5) is 5.69 Å². The van der Waals surface area contributed by atoms with E-state index < -0.39 is 0 Å². The van der Waals surface area contributed by atoms with Gasteiger partial charge < -0.3 is 14.6 Å². The van der Waals surface area contributed by atoms with Gasteiger partial charge in [-0.2, -0.15) is 0 Å². The molecule has 1 saturated heterocycles. The standard InChI is InChI=1S/C31H31N5O2S/c1-36-15-13-22(14-16-36)17-21-7-10-25(11-8-21)32-28(37)19-29-34-35-30(38-29)20-31-33-26-12-9-24(18-27(26)39-31)23-5-3-2-4-6-23/h2-12,18,22H,13-17,19-20H2,1H3,(H,32,37). The molecule has 7 nitrogen and oxygen atoms in total. The quantitative estimate of drug-likeness (QED) is 0.261. The number of carbonyl (C=O) groups is 1. The second kappa shape index (κ2) is 11.5. The molecule has 1 amide bonds. The fourth-order valence-corrected chi connectivity index (χ4v) is 6.08. The average Bonchev–Trinajstić information content (AvgIpc) is 3.57. The van der Waals surface area contributed by atoms with Crippen molar-refractivity contribution in [2.45, 2.75) is 32.1 Å². The number of rotatable bonds is 8. The third-order valence-electron chi connectivity index (χ3n) is 7.26. The summed E-state index contributed by atoms with van der Waals surface area (Å²) in [5.41, 5.74) is 5.38. The van der Waals surface area contributed by atoms with E-state index in [9.17, 15) is 4.79 Å². The molecule has 39 heavy (non-hydrogen) atoms. The first-order chi connectivity index (χ1) is 19.1. The highest BCUT2D eigenvalue weighted by Gasteiger charge is 2.17. The van der Waals surface area contributed by atoms with Gasteiger partial charge in [0.05, 0.1) is 16.6 Å². The molecular weight excluding hydrogens is 506 g/mol.